The molecular weight excluding hydrogens is 654 g/mol. The van der Waals surface area contributed by atoms with Crippen LogP contribution in [0.3, 0.4) is 0 Å². The normalized spacial score (nSPS) is 23.8. The molecule has 0 aromatic heterocycles. The third-order valence-corrected chi connectivity index (χ3v) is 9.06. The zero-order chi connectivity index (χ0) is 37.7. The van der Waals surface area contributed by atoms with Gasteiger partial charge in [-0.2, -0.15) is 0 Å². The molecule has 1 fully saturated rings. The molecule has 0 saturated carbocycles. The second kappa shape index (κ2) is 30.5. The number of unbranched alkanes of at least 4 members (excludes halogenated alkanes) is 10. The molecule has 1 rings (SSSR count). The van der Waals surface area contributed by atoms with E-state index < -0.39 is 74.2 Å². The molecule has 1 heterocycles. The molecule has 8 N–H and O–H groups in total. The molecule has 11 nitrogen and oxygen atoms in total. The summed E-state index contributed by atoms with van der Waals surface area (Å²) in [7, 11) is 0. The maximum absolute atomic E-state index is 12.9. The minimum absolute atomic E-state index is 0.225. The van der Waals surface area contributed by atoms with Crippen LogP contribution in [0.4, 0.5) is 0 Å². The van der Waals surface area contributed by atoms with E-state index >= 15 is 0 Å². The van der Waals surface area contributed by atoms with Gasteiger partial charge in [0.1, 0.15) is 36.6 Å². The number of carbonyl (C=O) groups is 1. The standard InChI is InChI=1S/C40H71NO10/c1-3-5-7-9-11-13-14-15-16-17-18-20-21-23-25-27-32(43)35(45)31(30-50-40-38(48)37(47)36(46)34(29-42)51-40)41-39(49)33(44)28-26-24-22-19-12-10-8-6-4-2/h9-12,15-16,20-21,31-38,40,42-48H,3-8,13-14,17-19,22-30H2,1-2H3,(H,41,49)/b11-9+,12-10-,16-15+,21-20+. The Kier molecular flexibility index (Phi) is 28.2. The number of rotatable bonds is 30. The minimum Gasteiger partial charge on any atom is -0.394 e. The first kappa shape index (κ1) is 47.1. The van der Waals surface area contributed by atoms with Crippen molar-refractivity contribution in [3.8, 4) is 0 Å². The molecule has 0 aromatic rings. The van der Waals surface area contributed by atoms with E-state index in [9.17, 15) is 40.5 Å². The first-order valence-corrected chi connectivity index (χ1v) is 19.5. The summed E-state index contributed by atoms with van der Waals surface area (Å²) in [5.41, 5.74) is 0. The van der Waals surface area contributed by atoms with Gasteiger partial charge in [-0.25, -0.2) is 0 Å². The Morgan fingerprint density at radius 2 is 1.18 bits per heavy atom. The van der Waals surface area contributed by atoms with Gasteiger partial charge in [0.25, 0.3) is 0 Å². The van der Waals surface area contributed by atoms with Crippen molar-refractivity contribution in [3.05, 3.63) is 48.6 Å². The van der Waals surface area contributed by atoms with Gasteiger partial charge in [0.05, 0.1) is 25.4 Å². The van der Waals surface area contributed by atoms with E-state index in [1.807, 2.05) is 6.08 Å². The second-order valence-corrected chi connectivity index (χ2v) is 13.6. The fraction of sp³-hybridized carbons (Fsp3) is 0.775. The molecule has 0 bridgehead atoms. The van der Waals surface area contributed by atoms with Crippen molar-refractivity contribution < 1.29 is 50.0 Å². The summed E-state index contributed by atoms with van der Waals surface area (Å²) in [4.78, 5) is 12.9. The van der Waals surface area contributed by atoms with E-state index in [1.165, 1.54) is 19.3 Å². The third kappa shape index (κ3) is 21.4. The Labute approximate surface area is 307 Å². The Morgan fingerprint density at radius 3 is 1.71 bits per heavy atom. The van der Waals surface area contributed by atoms with Crippen LogP contribution in [0, 0.1) is 0 Å². The molecule has 1 saturated heterocycles. The fourth-order valence-corrected chi connectivity index (χ4v) is 5.67. The molecular formula is C40H71NO10. The number of aliphatic hydroxyl groups excluding tert-OH is 7. The summed E-state index contributed by atoms with van der Waals surface area (Å²) in [6, 6.07) is -1.20. The molecule has 0 aromatic carbocycles. The number of hydrogen-bond donors (Lipinski definition) is 8. The first-order valence-electron chi connectivity index (χ1n) is 19.5. The van der Waals surface area contributed by atoms with Crippen LogP contribution < -0.4 is 5.32 Å². The maximum Gasteiger partial charge on any atom is 0.249 e. The number of aliphatic hydroxyl groups is 7. The highest BCUT2D eigenvalue weighted by Crippen LogP contribution is 2.23. The number of hydrogen-bond acceptors (Lipinski definition) is 10. The lowest BCUT2D eigenvalue weighted by Crippen LogP contribution is -2.60. The summed E-state index contributed by atoms with van der Waals surface area (Å²) in [5.74, 6) is -0.733. The summed E-state index contributed by atoms with van der Waals surface area (Å²) in [5, 5.41) is 75.1. The highest BCUT2D eigenvalue weighted by molar-refractivity contribution is 5.80. The Morgan fingerprint density at radius 1 is 0.667 bits per heavy atom. The van der Waals surface area contributed by atoms with Gasteiger partial charge in [0, 0.05) is 0 Å². The molecule has 9 atom stereocenters. The average Bonchev–Trinajstić information content (AvgIpc) is 3.13. The topological polar surface area (TPSA) is 189 Å². The van der Waals surface area contributed by atoms with Crippen LogP contribution in [0.5, 0.6) is 0 Å². The van der Waals surface area contributed by atoms with Crippen molar-refractivity contribution in [2.45, 2.75) is 184 Å². The highest BCUT2D eigenvalue weighted by Gasteiger charge is 2.44. The summed E-state index contributed by atoms with van der Waals surface area (Å²) < 4.78 is 11.0. The van der Waals surface area contributed by atoms with Crippen molar-refractivity contribution in [2.24, 2.45) is 0 Å². The van der Waals surface area contributed by atoms with Crippen LogP contribution in [-0.4, -0.2) is 110 Å². The van der Waals surface area contributed by atoms with E-state index in [0.717, 1.165) is 64.2 Å². The average molecular weight is 726 g/mol. The summed E-state index contributed by atoms with van der Waals surface area (Å²) >= 11 is 0. The largest absolute Gasteiger partial charge is 0.394 e. The lowest BCUT2D eigenvalue weighted by Gasteiger charge is -2.40. The molecule has 51 heavy (non-hydrogen) atoms. The number of ether oxygens (including phenoxy) is 2. The van der Waals surface area contributed by atoms with E-state index in [-0.39, 0.29) is 12.8 Å². The van der Waals surface area contributed by atoms with Gasteiger partial charge in [0.2, 0.25) is 5.91 Å². The molecule has 1 amide bonds. The molecule has 0 aliphatic carbocycles. The molecule has 0 radical (unpaired) electrons. The predicted octanol–water partition coefficient (Wildman–Crippen LogP) is 4.66. The smallest absolute Gasteiger partial charge is 0.249 e. The minimum atomic E-state index is -1.67. The van der Waals surface area contributed by atoms with E-state index in [1.54, 1.807) is 0 Å². The summed E-state index contributed by atoms with van der Waals surface area (Å²) in [6.07, 6.45) is 21.8. The molecule has 9 unspecified atom stereocenters. The van der Waals surface area contributed by atoms with Crippen LogP contribution in [0.25, 0.3) is 0 Å². The second-order valence-electron chi connectivity index (χ2n) is 13.6. The lowest BCUT2D eigenvalue weighted by atomic mass is 9.98. The Balaban J connectivity index is 2.61. The van der Waals surface area contributed by atoms with E-state index in [0.29, 0.717) is 19.3 Å². The molecule has 11 heteroatoms. The zero-order valence-corrected chi connectivity index (χ0v) is 31.3. The Hall–Kier alpha value is -1.93. The molecule has 1 aliphatic rings. The van der Waals surface area contributed by atoms with Gasteiger partial charge < -0.3 is 50.5 Å². The monoisotopic (exact) mass is 726 g/mol. The molecule has 1 aliphatic heterocycles. The quantitative estimate of drug-likeness (QED) is 0.0382. The number of nitrogens with one attached hydrogen (secondary N) is 1. The van der Waals surface area contributed by atoms with Gasteiger partial charge >= 0.3 is 0 Å². The zero-order valence-electron chi connectivity index (χ0n) is 31.3. The predicted molar refractivity (Wildman–Crippen MR) is 201 cm³/mol. The molecule has 296 valence electrons. The van der Waals surface area contributed by atoms with Crippen LogP contribution in [0.2, 0.25) is 0 Å². The Bertz CT molecular complexity index is 971. The number of amides is 1. The SMILES string of the molecule is CCCC/C=C\CCCCCC(O)C(=O)NC(COC1OC(CO)C(O)C(O)C1O)C(O)C(O)CCC/C=C/CC/C=C/CC/C=C/CCCC. The van der Waals surface area contributed by atoms with Gasteiger partial charge in [-0.15, -0.1) is 0 Å². The van der Waals surface area contributed by atoms with Crippen LogP contribution in [-0.2, 0) is 14.3 Å². The van der Waals surface area contributed by atoms with E-state index in [2.05, 4.69) is 61.7 Å². The maximum atomic E-state index is 12.9. The lowest BCUT2D eigenvalue weighted by molar-refractivity contribution is -0.303. The number of carbonyl (C=O) groups excluding carboxylic acids is 1. The fourth-order valence-electron chi connectivity index (χ4n) is 5.67. The summed E-state index contributed by atoms with van der Waals surface area (Å²) in [6.45, 7) is 3.26. The van der Waals surface area contributed by atoms with Gasteiger partial charge in [-0.05, 0) is 77.0 Å². The number of allylic oxidation sites excluding steroid dienone is 8. The van der Waals surface area contributed by atoms with Crippen LogP contribution >= 0.6 is 0 Å². The highest BCUT2D eigenvalue weighted by atomic mass is 16.7. The van der Waals surface area contributed by atoms with Crippen molar-refractivity contribution in [1.29, 1.82) is 0 Å². The van der Waals surface area contributed by atoms with Crippen molar-refractivity contribution in [1.82, 2.24) is 5.32 Å². The van der Waals surface area contributed by atoms with Gasteiger partial charge in [-0.1, -0.05) is 101 Å². The van der Waals surface area contributed by atoms with Crippen molar-refractivity contribution >= 4 is 5.91 Å². The van der Waals surface area contributed by atoms with E-state index in [4.69, 9.17) is 9.47 Å². The van der Waals surface area contributed by atoms with Gasteiger partial charge in [-0.3, -0.25) is 4.79 Å². The molecule has 0 spiro atoms. The van der Waals surface area contributed by atoms with Crippen LogP contribution in [0.15, 0.2) is 48.6 Å². The van der Waals surface area contributed by atoms with Gasteiger partial charge in [0.15, 0.2) is 6.29 Å². The van der Waals surface area contributed by atoms with Crippen LogP contribution in [0.1, 0.15) is 129 Å². The first-order chi connectivity index (χ1) is 24.7. The third-order valence-electron chi connectivity index (χ3n) is 9.06. The van der Waals surface area contributed by atoms with Crippen molar-refractivity contribution in [3.63, 3.8) is 0 Å². The van der Waals surface area contributed by atoms with Crippen molar-refractivity contribution in [2.75, 3.05) is 13.2 Å².